The molecular formula is C10H19NO2. The van der Waals surface area contributed by atoms with Gasteiger partial charge in [-0.2, -0.15) is 0 Å². The van der Waals surface area contributed by atoms with Gasteiger partial charge in [0.05, 0.1) is 5.92 Å². The Kier molecular flexibility index (Phi) is 2.66. The summed E-state index contributed by atoms with van der Waals surface area (Å²) in [5.41, 5.74) is 5.97. The van der Waals surface area contributed by atoms with E-state index >= 15 is 0 Å². The Hall–Kier alpha value is -0.570. The molecule has 3 heteroatoms. The first-order valence-electron chi connectivity index (χ1n) is 4.80. The fourth-order valence-electron chi connectivity index (χ4n) is 2.06. The number of aliphatic carboxylic acids is 1. The summed E-state index contributed by atoms with van der Waals surface area (Å²) in [5.74, 6) is -0.618. The van der Waals surface area contributed by atoms with E-state index in [-0.39, 0.29) is 17.4 Å². The molecule has 3 nitrogen and oxygen atoms in total. The Bertz CT molecular complexity index is 207. The van der Waals surface area contributed by atoms with E-state index in [1.165, 1.54) is 0 Å². The third-order valence-corrected chi connectivity index (χ3v) is 3.15. The Morgan fingerprint density at radius 3 is 2.15 bits per heavy atom. The van der Waals surface area contributed by atoms with Gasteiger partial charge in [-0.3, -0.25) is 4.79 Å². The van der Waals surface area contributed by atoms with Crippen molar-refractivity contribution in [2.45, 2.75) is 39.7 Å². The summed E-state index contributed by atoms with van der Waals surface area (Å²) in [6, 6.07) is -0.151. The van der Waals surface area contributed by atoms with E-state index in [0.29, 0.717) is 5.92 Å². The summed E-state index contributed by atoms with van der Waals surface area (Å²) < 4.78 is 0. The molecule has 0 unspecified atom stereocenters. The Morgan fingerprint density at radius 1 is 1.38 bits per heavy atom. The van der Waals surface area contributed by atoms with Crippen molar-refractivity contribution >= 4 is 5.97 Å². The van der Waals surface area contributed by atoms with Crippen molar-refractivity contribution in [1.29, 1.82) is 0 Å². The number of carbonyl (C=O) groups is 1. The van der Waals surface area contributed by atoms with Gasteiger partial charge in [0.1, 0.15) is 0 Å². The molecule has 3 N–H and O–H groups in total. The van der Waals surface area contributed by atoms with Gasteiger partial charge >= 0.3 is 5.97 Å². The lowest BCUT2D eigenvalue weighted by Gasteiger charge is -2.26. The SMILES string of the molecule is CC(C)(C)[C@H]1C[C@H](N)[C@H](C(=O)O)C1. The van der Waals surface area contributed by atoms with Crippen LogP contribution in [0.15, 0.2) is 0 Å². The van der Waals surface area contributed by atoms with Crippen LogP contribution < -0.4 is 5.73 Å². The third-order valence-electron chi connectivity index (χ3n) is 3.15. The molecule has 1 fully saturated rings. The van der Waals surface area contributed by atoms with E-state index in [1.54, 1.807) is 0 Å². The highest BCUT2D eigenvalue weighted by Gasteiger charge is 2.41. The monoisotopic (exact) mass is 185 g/mol. The quantitative estimate of drug-likeness (QED) is 0.650. The average Bonchev–Trinajstić information content (AvgIpc) is 2.29. The van der Waals surface area contributed by atoms with Gasteiger partial charge in [0.15, 0.2) is 0 Å². The molecule has 0 amide bonds. The van der Waals surface area contributed by atoms with E-state index in [9.17, 15) is 4.79 Å². The van der Waals surface area contributed by atoms with Crippen LogP contribution in [0, 0.1) is 17.3 Å². The summed E-state index contributed by atoms with van der Waals surface area (Å²) in [6.45, 7) is 6.44. The lowest BCUT2D eigenvalue weighted by atomic mass is 9.79. The summed E-state index contributed by atoms with van der Waals surface area (Å²) in [5, 5.41) is 8.89. The molecule has 0 heterocycles. The lowest BCUT2D eigenvalue weighted by Crippen LogP contribution is -2.30. The van der Waals surface area contributed by atoms with Gasteiger partial charge in [0, 0.05) is 6.04 Å². The minimum Gasteiger partial charge on any atom is -0.481 e. The average molecular weight is 185 g/mol. The van der Waals surface area contributed by atoms with Crippen LogP contribution in [0.3, 0.4) is 0 Å². The van der Waals surface area contributed by atoms with Crippen molar-refractivity contribution in [2.75, 3.05) is 0 Å². The zero-order valence-corrected chi connectivity index (χ0v) is 8.58. The number of carboxylic acids is 1. The van der Waals surface area contributed by atoms with Gasteiger partial charge in [0.2, 0.25) is 0 Å². The first kappa shape index (κ1) is 10.5. The second-order valence-corrected chi connectivity index (χ2v) is 5.14. The number of rotatable bonds is 1. The highest BCUT2D eigenvalue weighted by atomic mass is 16.4. The van der Waals surface area contributed by atoms with Gasteiger partial charge in [-0.05, 0) is 24.2 Å². The van der Waals surface area contributed by atoms with E-state index in [4.69, 9.17) is 10.8 Å². The van der Waals surface area contributed by atoms with Gasteiger partial charge in [-0.25, -0.2) is 0 Å². The van der Waals surface area contributed by atoms with E-state index < -0.39 is 5.97 Å². The van der Waals surface area contributed by atoms with Crippen molar-refractivity contribution in [3.8, 4) is 0 Å². The standard InChI is InChI=1S/C10H19NO2/c1-10(2,3)6-4-7(9(12)13)8(11)5-6/h6-8H,4-5,11H2,1-3H3,(H,12,13)/t6-,7-,8+/m1/s1. The molecule has 0 bridgehead atoms. The molecule has 1 rings (SSSR count). The van der Waals surface area contributed by atoms with Crippen LogP contribution in [-0.2, 0) is 4.79 Å². The van der Waals surface area contributed by atoms with Crippen molar-refractivity contribution in [1.82, 2.24) is 0 Å². The smallest absolute Gasteiger partial charge is 0.308 e. The molecule has 13 heavy (non-hydrogen) atoms. The molecule has 0 aromatic carbocycles. The van der Waals surface area contributed by atoms with Crippen LogP contribution in [0.4, 0.5) is 0 Å². The zero-order chi connectivity index (χ0) is 10.2. The molecule has 1 aliphatic carbocycles. The summed E-state index contributed by atoms with van der Waals surface area (Å²) in [7, 11) is 0. The fraction of sp³-hybridized carbons (Fsp3) is 0.900. The van der Waals surface area contributed by atoms with Gasteiger partial charge < -0.3 is 10.8 Å². The molecule has 0 aliphatic heterocycles. The predicted molar refractivity (Wildman–Crippen MR) is 51.3 cm³/mol. The number of hydrogen-bond acceptors (Lipinski definition) is 2. The highest BCUT2D eigenvalue weighted by molar-refractivity contribution is 5.71. The largest absolute Gasteiger partial charge is 0.481 e. The van der Waals surface area contributed by atoms with Crippen LogP contribution in [-0.4, -0.2) is 17.1 Å². The molecule has 76 valence electrons. The summed E-state index contributed by atoms with van der Waals surface area (Å²) in [6.07, 6.45) is 1.58. The first-order valence-corrected chi connectivity index (χ1v) is 4.80. The Labute approximate surface area is 79.3 Å². The first-order chi connectivity index (χ1) is 5.82. The molecule has 0 aromatic heterocycles. The predicted octanol–water partition coefficient (Wildman–Crippen LogP) is 1.47. The summed E-state index contributed by atoms with van der Waals surface area (Å²) in [4.78, 5) is 10.8. The van der Waals surface area contributed by atoms with E-state index in [1.807, 2.05) is 0 Å². The number of nitrogens with two attached hydrogens (primary N) is 1. The normalized spacial score (nSPS) is 34.9. The van der Waals surface area contributed by atoms with Crippen molar-refractivity contribution in [3.63, 3.8) is 0 Å². The highest BCUT2D eigenvalue weighted by Crippen LogP contribution is 2.41. The Morgan fingerprint density at radius 2 is 1.92 bits per heavy atom. The second-order valence-electron chi connectivity index (χ2n) is 5.14. The van der Waals surface area contributed by atoms with Crippen LogP contribution in [0.2, 0.25) is 0 Å². The van der Waals surface area contributed by atoms with Crippen molar-refractivity contribution in [2.24, 2.45) is 23.0 Å². The number of carboxylic acid groups (broad SMARTS) is 1. The third kappa shape index (κ3) is 2.21. The van der Waals surface area contributed by atoms with Crippen molar-refractivity contribution < 1.29 is 9.90 Å². The zero-order valence-electron chi connectivity index (χ0n) is 8.58. The molecule has 0 spiro atoms. The molecule has 3 atom stereocenters. The maximum Gasteiger partial charge on any atom is 0.308 e. The lowest BCUT2D eigenvalue weighted by molar-refractivity contribution is -0.142. The summed E-state index contributed by atoms with van der Waals surface area (Å²) >= 11 is 0. The minimum absolute atomic E-state index is 0.151. The van der Waals surface area contributed by atoms with Crippen LogP contribution in [0.25, 0.3) is 0 Å². The van der Waals surface area contributed by atoms with Crippen LogP contribution in [0.5, 0.6) is 0 Å². The fourth-order valence-corrected chi connectivity index (χ4v) is 2.06. The number of hydrogen-bond donors (Lipinski definition) is 2. The molecule has 1 saturated carbocycles. The van der Waals surface area contributed by atoms with Gasteiger partial charge in [-0.15, -0.1) is 0 Å². The minimum atomic E-state index is -0.737. The van der Waals surface area contributed by atoms with Crippen LogP contribution in [0.1, 0.15) is 33.6 Å². The van der Waals surface area contributed by atoms with E-state index in [2.05, 4.69) is 20.8 Å². The molecule has 1 aliphatic rings. The molecule has 0 aromatic rings. The van der Waals surface area contributed by atoms with E-state index in [0.717, 1.165) is 12.8 Å². The van der Waals surface area contributed by atoms with Gasteiger partial charge in [0.25, 0.3) is 0 Å². The maximum absolute atomic E-state index is 10.8. The second kappa shape index (κ2) is 3.29. The molecule has 0 saturated heterocycles. The Balaban J connectivity index is 2.65. The topological polar surface area (TPSA) is 63.3 Å². The van der Waals surface area contributed by atoms with Crippen LogP contribution >= 0.6 is 0 Å². The molecular weight excluding hydrogens is 166 g/mol. The molecule has 0 radical (unpaired) electrons. The van der Waals surface area contributed by atoms with Crippen molar-refractivity contribution in [3.05, 3.63) is 0 Å². The van der Waals surface area contributed by atoms with Gasteiger partial charge in [-0.1, -0.05) is 20.8 Å². The maximum atomic E-state index is 10.8.